The highest BCUT2D eigenvalue weighted by Gasteiger charge is 2.58. The van der Waals surface area contributed by atoms with Crippen molar-refractivity contribution >= 4 is 36.7 Å². The number of nitriles is 1. The summed E-state index contributed by atoms with van der Waals surface area (Å²) >= 11 is 0. The quantitative estimate of drug-likeness (QED) is 0.0813. The number of hydrogen-bond donors (Lipinski definition) is 6. The number of nitrogens with two attached hydrogens (primary N) is 2. The molecule has 0 spiro atoms. The van der Waals surface area contributed by atoms with Crippen molar-refractivity contribution in [1.82, 2.24) is 19.7 Å². The smallest absolute Gasteiger partial charge is 0.459 e. The van der Waals surface area contributed by atoms with Crippen LogP contribution in [0.1, 0.15) is 49.7 Å². The fourth-order valence-corrected chi connectivity index (χ4v) is 6.40. The largest absolute Gasteiger partial charge is 0.478 e. The van der Waals surface area contributed by atoms with E-state index >= 15 is 0 Å². The minimum Gasteiger partial charge on any atom is -0.478 e. The van der Waals surface area contributed by atoms with E-state index in [-0.39, 0.29) is 29.7 Å². The lowest BCUT2D eigenvalue weighted by molar-refractivity contribution is -0.146. The molecule has 2 aromatic heterocycles. The number of aromatic nitrogens is 3. The van der Waals surface area contributed by atoms with Crippen LogP contribution in [0.5, 0.6) is 5.75 Å². The molecule has 0 aliphatic carbocycles. The number of carbonyl (C=O) groups excluding carboxylic acids is 1. The average Bonchev–Trinajstić information content (AvgIpc) is 3.57. The van der Waals surface area contributed by atoms with Gasteiger partial charge in [-0.15, -0.1) is 0 Å². The molecule has 1 saturated heterocycles. The Balaban J connectivity index is 1.61. The topological polar surface area (TPSA) is 267 Å². The Labute approximate surface area is 263 Å². The summed E-state index contributed by atoms with van der Waals surface area (Å²) in [7, 11) is -4.70. The summed E-state index contributed by atoms with van der Waals surface area (Å²) in [5.41, 5.74) is 9.38. The van der Waals surface area contributed by atoms with E-state index in [0.29, 0.717) is 5.52 Å². The van der Waals surface area contributed by atoms with Gasteiger partial charge in [-0.25, -0.2) is 18.9 Å². The number of ether oxygens (including phenoxy) is 2. The number of aliphatic hydroxyl groups excluding tert-OH is 2. The maximum Gasteiger partial charge on any atom is 0.459 e. The van der Waals surface area contributed by atoms with Crippen molar-refractivity contribution in [3.05, 3.63) is 47.9 Å². The molecule has 3 heterocycles. The lowest BCUT2D eigenvalue weighted by Gasteiger charge is -2.26. The van der Waals surface area contributed by atoms with E-state index in [1.165, 1.54) is 29.6 Å². The minimum atomic E-state index is -4.70. The Morgan fingerprint density at radius 3 is 2.61 bits per heavy atom. The zero-order valence-electron chi connectivity index (χ0n) is 25.3. The molecule has 3 aromatic rings. The van der Waals surface area contributed by atoms with Crippen molar-refractivity contribution in [3.8, 4) is 11.8 Å². The van der Waals surface area contributed by atoms with Gasteiger partial charge < -0.3 is 40.8 Å². The van der Waals surface area contributed by atoms with Crippen LogP contribution in [0.4, 0.5) is 11.5 Å². The van der Waals surface area contributed by atoms with E-state index in [4.69, 9.17) is 30.0 Å². The fraction of sp³-hybridized carbons (Fsp3) is 0.464. The van der Waals surface area contributed by atoms with Gasteiger partial charge in [-0.3, -0.25) is 9.32 Å². The molecule has 1 aliphatic rings. The molecule has 0 amide bonds. The molecule has 6 atom stereocenters. The minimum absolute atomic E-state index is 0.0208. The van der Waals surface area contributed by atoms with Crippen molar-refractivity contribution < 1.29 is 48.0 Å². The first-order chi connectivity index (χ1) is 21.8. The number of fused-ring (bicyclic) bond motifs is 1. The molecule has 248 valence electrons. The first-order valence-corrected chi connectivity index (χ1v) is 15.9. The number of carboxylic acids is 1. The molecular formula is C28H36N7O10P. The molecule has 1 fully saturated rings. The van der Waals surface area contributed by atoms with Gasteiger partial charge in [0.15, 0.2) is 5.82 Å². The second-order valence-corrected chi connectivity index (χ2v) is 12.4. The van der Waals surface area contributed by atoms with Gasteiger partial charge >= 0.3 is 19.7 Å². The molecule has 46 heavy (non-hydrogen) atoms. The number of nitrogens with zero attached hydrogens (tertiary/aromatic N) is 4. The van der Waals surface area contributed by atoms with E-state index in [9.17, 15) is 34.7 Å². The highest BCUT2D eigenvalue weighted by atomic mass is 31.2. The van der Waals surface area contributed by atoms with Crippen LogP contribution in [0, 0.1) is 17.2 Å². The molecule has 1 aromatic carbocycles. The van der Waals surface area contributed by atoms with Crippen LogP contribution < -0.4 is 21.1 Å². The first kappa shape index (κ1) is 34.6. The highest BCUT2D eigenvalue weighted by Crippen LogP contribution is 2.48. The summed E-state index contributed by atoms with van der Waals surface area (Å²) in [6, 6.07) is 7.06. The van der Waals surface area contributed by atoms with Crippen molar-refractivity contribution in [3.63, 3.8) is 0 Å². The van der Waals surface area contributed by atoms with Crippen LogP contribution in [0.25, 0.3) is 5.52 Å². The van der Waals surface area contributed by atoms with Crippen LogP contribution in [0.3, 0.4) is 0 Å². The van der Waals surface area contributed by atoms with Crippen LogP contribution in [0.15, 0.2) is 36.7 Å². The van der Waals surface area contributed by atoms with E-state index in [1.807, 2.05) is 19.9 Å². The Bertz CT molecular complexity index is 1680. The molecule has 18 heteroatoms. The van der Waals surface area contributed by atoms with Gasteiger partial charge in [-0.1, -0.05) is 26.7 Å². The van der Waals surface area contributed by atoms with Crippen molar-refractivity contribution in [2.45, 2.75) is 63.6 Å². The lowest BCUT2D eigenvalue weighted by Crippen LogP contribution is -2.41. The molecule has 4 rings (SSSR count). The van der Waals surface area contributed by atoms with Crippen LogP contribution >= 0.6 is 7.75 Å². The van der Waals surface area contributed by atoms with E-state index < -0.39 is 67.6 Å². The van der Waals surface area contributed by atoms with Gasteiger partial charge in [0.2, 0.25) is 5.60 Å². The third-order valence-corrected chi connectivity index (χ3v) is 9.30. The molecule has 1 unspecified atom stereocenters. The number of nitrogens with one attached hydrogen (secondary N) is 1. The van der Waals surface area contributed by atoms with Gasteiger partial charge in [0.05, 0.1) is 18.9 Å². The third-order valence-electron chi connectivity index (χ3n) is 7.67. The zero-order valence-corrected chi connectivity index (χ0v) is 26.2. The Morgan fingerprint density at radius 2 is 1.96 bits per heavy atom. The normalized spacial score (nSPS) is 23.1. The highest BCUT2D eigenvalue weighted by molar-refractivity contribution is 7.52. The average molecular weight is 662 g/mol. The monoisotopic (exact) mass is 661 g/mol. The molecule has 0 bridgehead atoms. The maximum atomic E-state index is 14.1. The zero-order chi connectivity index (χ0) is 33.8. The van der Waals surface area contributed by atoms with Crippen LogP contribution in [-0.4, -0.2) is 79.4 Å². The van der Waals surface area contributed by atoms with Crippen LogP contribution in [0.2, 0.25) is 0 Å². The summed E-state index contributed by atoms with van der Waals surface area (Å²) in [6.07, 6.45) is -2.42. The molecule has 0 saturated carbocycles. The Morgan fingerprint density at radius 1 is 1.24 bits per heavy atom. The predicted octanol–water partition coefficient (Wildman–Crippen LogP) is 1.59. The number of aliphatic hydroxyl groups is 2. The SMILES string of the molecule is CCC(CC)COC(=O)[C@H](C)NP(=O)(OC[C@H]1O[C@@](C#N)(c2ccc3c(N)ncnn23)[C@H](O)[C@@H]1O)Oc1ccc(N)cc1C(=O)O. The summed E-state index contributed by atoms with van der Waals surface area (Å²) in [4.78, 5) is 28.6. The summed E-state index contributed by atoms with van der Waals surface area (Å²) in [5.74, 6) is -2.45. The Kier molecular flexibility index (Phi) is 10.5. The molecule has 1 aliphatic heterocycles. The van der Waals surface area contributed by atoms with Gasteiger partial charge in [0.25, 0.3) is 0 Å². The number of aromatic carboxylic acids is 1. The van der Waals surface area contributed by atoms with Gasteiger partial charge in [0.1, 0.15) is 53.6 Å². The van der Waals surface area contributed by atoms with E-state index in [2.05, 4.69) is 15.2 Å². The molecule has 0 radical (unpaired) electrons. The summed E-state index contributed by atoms with van der Waals surface area (Å²) in [5, 5.41) is 48.3. The fourth-order valence-electron chi connectivity index (χ4n) is 4.87. The van der Waals surface area contributed by atoms with Gasteiger partial charge in [0, 0.05) is 5.69 Å². The Hall–Kier alpha value is -4.30. The van der Waals surface area contributed by atoms with Crippen LogP contribution in [-0.2, 0) is 29.0 Å². The van der Waals surface area contributed by atoms with Gasteiger partial charge in [-0.2, -0.15) is 15.4 Å². The number of esters is 1. The second kappa shape index (κ2) is 14.0. The number of rotatable bonds is 14. The molecular weight excluding hydrogens is 625 g/mol. The van der Waals surface area contributed by atoms with Crippen molar-refractivity contribution in [2.75, 3.05) is 24.7 Å². The number of nitrogen functional groups attached to an aromatic ring is 2. The summed E-state index contributed by atoms with van der Waals surface area (Å²) in [6.45, 7) is 4.59. The standard InChI is InChI=1S/C28H36N7O10P/c1-4-16(5-2)11-42-27(40)15(3)34-46(41,45-20-8-6-17(30)10-18(20)26(38)39)43-12-21-23(36)24(37)28(13-29,44-21)22-9-7-19-25(31)32-14-33-35(19)22/h6-10,14-16,21,23-24,36-37H,4-5,11-12,30H2,1-3H3,(H,34,41)(H,38,39)(H2,31,32,33)/t15-,21+,23+,24+,28-,46?/m0/s1. The summed E-state index contributed by atoms with van der Waals surface area (Å²) < 4.78 is 37.7. The maximum absolute atomic E-state index is 14.1. The number of anilines is 2. The number of hydrogen-bond acceptors (Lipinski definition) is 14. The number of carboxylic acid groups (broad SMARTS) is 1. The molecule has 8 N–H and O–H groups in total. The number of benzene rings is 1. The van der Waals surface area contributed by atoms with Gasteiger partial charge in [-0.05, 0) is 43.2 Å². The van der Waals surface area contributed by atoms with Crippen molar-refractivity contribution in [2.24, 2.45) is 5.92 Å². The number of carbonyl (C=O) groups is 2. The van der Waals surface area contributed by atoms with Crippen molar-refractivity contribution in [1.29, 1.82) is 5.26 Å². The lowest BCUT2D eigenvalue weighted by atomic mass is 9.92. The third kappa shape index (κ3) is 6.92. The first-order valence-electron chi connectivity index (χ1n) is 14.3. The van der Waals surface area contributed by atoms with E-state index in [1.54, 1.807) is 0 Å². The molecule has 17 nitrogen and oxygen atoms in total. The predicted molar refractivity (Wildman–Crippen MR) is 161 cm³/mol. The second-order valence-electron chi connectivity index (χ2n) is 10.7. The van der Waals surface area contributed by atoms with E-state index in [0.717, 1.165) is 31.3 Å².